The van der Waals surface area contributed by atoms with Crippen molar-refractivity contribution in [1.29, 1.82) is 0 Å². The molecule has 100 valence electrons. The van der Waals surface area contributed by atoms with Crippen LogP contribution < -0.4 is 5.73 Å². The van der Waals surface area contributed by atoms with E-state index in [1.807, 2.05) is 6.07 Å². The zero-order valence-corrected chi connectivity index (χ0v) is 10.5. The van der Waals surface area contributed by atoms with Crippen molar-refractivity contribution in [3.05, 3.63) is 35.1 Å². The van der Waals surface area contributed by atoms with E-state index < -0.39 is 0 Å². The number of benzene rings is 1. The third-order valence-electron chi connectivity index (χ3n) is 3.31. The zero-order valence-electron chi connectivity index (χ0n) is 10.5. The van der Waals surface area contributed by atoms with E-state index in [1.165, 1.54) is 6.07 Å². The minimum absolute atomic E-state index is 0.232. The monoisotopic (exact) mass is 253 g/mol. The smallest absolute Gasteiger partial charge is 0.129 e. The summed E-state index contributed by atoms with van der Waals surface area (Å²) in [6, 6.07) is 5.07. The molecule has 0 spiro atoms. The Morgan fingerprint density at radius 3 is 2.78 bits per heavy atom. The highest BCUT2D eigenvalue weighted by atomic mass is 19.1. The molecule has 1 aliphatic rings. The average Bonchev–Trinajstić information content (AvgIpc) is 2.42. The fourth-order valence-corrected chi connectivity index (χ4v) is 2.08. The molecule has 4 heteroatoms. The molecule has 0 bridgehead atoms. The Hall–Kier alpha value is -0.970. The molecule has 1 fully saturated rings. The third kappa shape index (κ3) is 3.77. The molecule has 18 heavy (non-hydrogen) atoms. The van der Waals surface area contributed by atoms with Crippen molar-refractivity contribution in [2.75, 3.05) is 19.8 Å². The maximum absolute atomic E-state index is 13.6. The molecule has 1 heterocycles. The molecule has 1 aromatic carbocycles. The van der Waals surface area contributed by atoms with Gasteiger partial charge < -0.3 is 15.2 Å². The van der Waals surface area contributed by atoms with E-state index in [0.717, 1.165) is 31.6 Å². The van der Waals surface area contributed by atoms with Crippen molar-refractivity contribution in [2.24, 2.45) is 11.7 Å². The van der Waals surface area contributed by atoms with Gasteiger partial charge in [0, 0.05) is 25.3 Å². The van der Waals surface area contributed by atoms with Crippen molar-refractivity contribution in [3.63, 3.8) is 0 Å². The number of nitrogens with two attached hydrogens (primary N) is 1. The molecule has 2 N–H and O–H groups in total. The molecule has 3 nitrogen and oxygen atoms in total. The zero-order chi connectivity index (χ0) is 12.8. The summed E-state index contributed by atoms with van der Waals surface area (Å²) in [7, 11) is 0. The second kappa shape index (κ2) is 6.83. The lowest BCUT2D eigenvalue weighted by Gasteiger charge is -2.21. The Morgan fingerprint density at radius 2 is 2.11 bits per heavy atom. The van der Waals surface area contributed by atoms with Crippen LogP contribution in [-0.2, 0) is 22.6 Å². The van der Waals surface area contributed by atoms with Crippen LogP contribution in [0, 0.1) is 11.7 Å². The molecule has 0 saturated carbocycles. The van der Waals surface area contributed by atoms with E-state index in [0.29, 0.717) is 31.2 Å². The maximum Gasteiger partial charge on any atom is 0.129 e. The van der Waals surface area contributed by atoms with Gasteiger partial charge in [-0.2, -0.15) is 0 Å². The summed E-state index contributed by atoms with van der Waals surface area (Å²) in [6.45, 7) is 3.00. The summed E-state index contributed by atoms with van der Waals surface area (Å²) in [4.78, 5) is 0. The summed E-state index contributed by atoms with van der Waals surface area (Å²) >= 11 is 0. The quantitative estimate of drug-likeness (QED) is 0.875. The Morgan fingerprint density at radius 1 is 1.33 bits per heavy atom. The third-order valence-corrected chi connectivity index (χ3v) is 3.31. The van der Waals surface area contributed by atoms with Crippen molar-refractivity contribution in [1.82, 2.24) is 0 Å². The lowest BCUT2D eigenvalue weighted by molar-refractivity contribution is 0.0151. The van der Waals surface area contributed by atoms with Crippen LogP contribution in [0.3, 0.4) is 0 Å². The van der Waals surface area contributed by atoms with Gasteiger partial charge in [0.15, 0.2) is 0 Å². The van der Waals surface area contributed by atoms with Gasteiger partial charge in [0.2, 0.25) is 0 Å². The van der Waals surface area contributed by atoms with Crippen molar-refractivity contribution < 1.29 is 13.9 Å². The van der Waals surface area contributed by atoms with Gasteiger partial charge in [0.1, 0.15) is 5.82 Å². The van der Waals surface area contributed by atoms with Gasteiger partial charge in [0.05, 0.1) is 13.2 Å². The summed E-state index contributed by atoms with van der Waals surface area (Å²) in [6.07, 6.45) is 2.07. The van der Waals surface area contributed by atoms with Gasteiger partial charge in [0.25, 0.3) is 0 Å². The second-order valence-corrected chi connectivity index (χ2v) is 4.70. The Kier molecular flexibility index (Phi) is 5.11. The highest BCUT2D eigenvalue weighted by molar-refractivity contribution is 5.23. The average molecular weight is 253 g/mol. The number of hydrogen-bond donors (Lipinski definition) is 1. The van der Waals surface area contributed by atoms with E-state index in [2.05, 4.69) is 0 Å². The largest absolute Gasteiger partial charge is 0.381 e. The van der Waals surface area contributed by atoms with Gasteiger partial charge in [-0.25, -0.2) is 4.39 Å². The van der Waals surface area contributed by atoms with E-state index in [4.69, 9.17) is 15.2 Å². The minimum atomic E-state index is -0.232. The summed E-state index contributed by atoms with van der Waals surface area (Å²) < 4.78 is 24.5. The molecular weight excluding hydrogens is 233 g/mol. The predicted octanol–water partition coefficient (Wildman–Crippen LogP) is 2.23. The molecule has 0 atom stereocenters. The molecule has 1 aromatic rings. The molecule has 1 saturated heterocycles. The standard InChI is InChI=1S/C14H20FNO2/c15-14-7-12(8-16)1-2-13(14)10-18-9-11-3-5-17-6-4-11/h1-2,7,11H,3-6,8-10,16H2. The van der Waals surface area contributed by atoms with Crippen LogP contribution in [0.4, 0.5) is 4.39 Å². The first-order valence-corrected chi connectivity index (χ1v) is 6.42. The van der Waals surface area contributed by atoms with Crippen LogP contribution >= 0.6 is 0 Å². The molecule has 0 aromatic heterocycles. The number of halogens is 1. The predicted molar refractivity (Wildman–Crippen MR) is 67.5 cm³/mol. The van der Waals surface area contributed by atoms with Gasteiger partial charge in [-0.1, -0.05) is 12.1 Å². The summed E-state index contributed by atoms with van der Waals surface area (Å²) in [5.74, 6) is 0.315. The Labute approximate surface area is 107 Å². The normalized spacial score (nSPS) is 17.0. The van der Waals surface area contributed by atoms with Crippen LogP contribution in [0.5, 0.6) is 0 Å². The lowest BCUT2D eigenvalue weighted by atomic mass is 10.0. The molecule has 1 aliphatic heterocycles. The number of hydrogen-bond acceptors (Lipinski definition) is 3. The lowest BCUT2D eigenvalue weighted by Crippen LogP contribution is -2.20. The molecule has 2 rings (SSSR count). The van der Waals surface area contributed by atoms with Crippen LogP contribution in [0.25, 0.3) is 0 Å². The van der Waals surface area contributed by atoms with E-state index in [9.17, 15) is 4.39 Å². The van der Waals surface area contributed by atoms with Crippen molar-refractivity contribution in [3.8, 4) is 0 Å². The highest BCUT2D eigenvalue weighted by Crippen LogP contribution is 2.16. The van der Waals surface area contributed by atoms with Crippen molar-refractivity contribution in [2.45, 2.75) is 26.0 Å². The van der Waals surface area contributed by atoms with E-state index >= 15 is 0 Å². The van der Waals surface area contributed by atoms with Gasteiger partial charge in [-0.05, 0) is 30.4 Å². The Balaban J connectivity index is 1.79. The molecule has 0 unspecified atom stereocenters. The van der Waals surface area contributed by atoms with Gasteiger partial charge in [-0.15, -0.1) is 0 Å². The molecule has 0 aliphatic carbocycles. The van der Waals surface area contributed by atoms with Crippen LogP contribution in [0.2, 0.25) is 0 Å². The fraction of sp³-hybridized carbons (Fsp3) is 0.571. The number of rotatable bonds is 5. The van der Waals surface area contributed by atoms with Crippen LogP contribution in [0.1, 0.15) is 24.0 Å². The van der Waals surface area contributed by atoms with E-state index in [-0.39, 0.29) is 5.82 Å². The Bertz CT molecular complexity index is 378. The fourth-order valence-electron chi connectivity index (χ4n) is 2.08. The molecule has 0 radical (unpaired) electrons. The maximum atomic E-state index is 13.6. The first-order valence-electron chi connectivity index (χ1n) is 6.42. The first-order chi connectivity index (χ1) is 8.79. The topological polar surface area (TPSA) is 44.5 Å². The van der Waals surface area contributed by atoms with Gasteiger partial charge in [-0.3, -0.25) is 0 Å². The SMILES string of the molecule is NCc1ccc(COCC2CCOCC2)c(F)c1. The van der Waals surface area contributed by atoms with E-state index in [1.54, 1.807) is 6.07 Å². The van der Waals surface area contributed by atoms with Crippen LogP contribution in [-0.4, -0.2) is 19.8 Å². The number of ether oxygens (including phenoxy) is 2. The highest BCUT2D eigenvalue weighted by Gasteiger charge is 2.14. The molecular formula is C14H20FNO2. The van der Waals surface area contributed by atoms with Crippen molar-refractivity contribution >= 4 is 0 Å². The first kappa shape index (κ1) is 13.5. The minimum Gasteiger partial charge on any atom is -0.381 e. The van der Waals surface area contributed by atoms with Gasteiger partial charge >= 0.3 is 0 Å². The summed E-state index contributed by atoms with van der Waals surface area (Å²) in [5.41, 5.74) is 6.86. The summed E-state index contributed by atoms with van der Waals surface area (Å²) in [5, 5.41) is 0. The second-order valence-electron chi connectivity index (χ2n) is 4.70. The van der Waals surface area contributed by atoms with Crippen LogP contribution in [0.15, 0.2) is 18.2 Å². The molecule has 0 amide bonds.